The molecule has 9 heteroatoms. The second-order valence-electron chi connectivity index (χ2n) is 9.70. The number of anilines is 2. The molecule has 0 saturated carbocycles. The van der Waals surface area contributed by atoms with Crippen molar-refractivity contribution in [2.75, 3.05) is 44.6 Å². The summed E-state index contributed by atoms with van der Waals surface area (Å²) in [5.41, 5.74) is 4.63. The second kappa shape index (κ2) is 11.4. The summed E-state index contributed by atoms with van der Waals surface area (Å²) in [6.07, 6.45) is 9.63. The Morgan fingerprint density at radius 1 is 1.03 bits per heavy atom. The molecule has 0 amide bonds. The molecule has 36 heavy (non-hydrogen) atoms. The quantitative estimate of drug-likeness (QED) is 0.439. The van der Waals surface area contributed by atoms with Crippen LogP contribution in [-0.4, -0.2) is 79.3 Å². The Balaban J connectivity index is 1.31. The maximum atomic E-state index is 10.2. The number of aliphatic hydroxyl groups excluding tert-OH is 2. The molecule has 9 nitrogen and oxygen atoms in total. The molecule has 0 unspecified atom stereocenters. The minimum Gasteiger partial charge on any atom is -0.395 e. The van der Waals surface area contributed by atoms with Gasteiger partial charge in [0.15, 0.2) is 0 Å². The van der Waals surface area contributed by atoms with E-state index in [1.165, 1.54) is 12.0 Å². The van der Waals surface area contributed by atoms with Gasteiger partial charge in [0.2, 0.25) is 5.95 Å². The molecule has 3 aromatic heterocycles. The number of nitrogens with one attached hydrogen (secondary N) is 1. The predicted octanol–water partition coefficient (Wildman–Crippen LogP) is 3.28. The summed E-state index contributed by atoms with van der Waals surface area (Å²) in [6, 6.07) is 5.92. The molecule has 4 heterocycles. The molecule has 3 N–H and O–H groups in total. The van der Waals surface area contributed by atoms with Gasteiger partial charge in [0.1, 0.15) is 11.3 Å². The molecule has 5 rings (SSSR count). The molecule has 0 bridgehead atoms. The number of aromatic nitrogens is 4. The number of hydrogen-bond donors (Lipinski definition) is 3. The largest absolute Gasteiger partial charge is 0.395 e. The normalized spacial score (nSPS) is 18.2. The summed E-state index contributed by atoms with van der Waals surface area (Å²) >= 11 is 0. The Labute approximate surface area is 211 Å². The molecular formula is C27H35N7O2. The van der Waals surface area contributed by atoms with Crippen LogP contribution in [0.1, 0.15) is 55.7 Å². The minimum atomic E-state index is -0.651. The SMILES string of the molecule is C[C@@H](O)c1cc2cnc(Nc3ccc(CN4CCN(CCO)CC4)cn3)nc2c(C2=CCCCC2)n1. The van der Waals surface area contributed by atoms with E-state index in [1.54, 1.807) is 13.1 Å². The summed E-state index contributed by atoms with van der Waals surface area (Å²) in [5.74, 6) is 1.17. The van der Waals surface area contributed by atoms with Crippen LogP contribution in [0, 0.1) is 0 Å². The molecule has 0 radical (unpaired) electrons. The average molecular weight is 490 g/mol. The van der Waals surface area contributed by atoms with Gasteiger partial charge in [-0.15, -0.1) is 0 Å². The highest BCUT2D eigenvalue weighted by Crippen LogP contribution is 2.31. The summed E-state index contributed by atoms with van der Waals surface area (Å²) in [4.78, 5) is 23.4. The summed E-state index contributed by atoms with van der Waals surface area (Å²) in [6.45, 7) is 7.53. The van der Waals surface area contributed by atoms with Gasteiger partial charge in [-0.2, -0.15) is 0 Å². The van der Waals surface area contributed by atoms with Crippen LogP contribution in [0.5, 0.6) is 0 Å². The molecule has 1 aliphatic carbocycles. The molecule has 1 aliphatic heterocycles. The third-order valence-corrected chi connectivity index (χ3v) is 6.96. The summed E-state index contributed by atoms with van der Waals surface area (Å²) in [7, 11) is 0. The van der Waals surface area contributed by atoms with Gasteiger partial charge in [0.05, 0.1) is 24.1 Å². The van der Waals surface area contributed by atoms with E-state index in [1.807, 2.05) is 18.3 Å². The number of β-amino-alcohol motifs (C(OH)–C–C–N with tert-alkyl or cyclic N) is 1. The number of nitrogens with zero attached hydrogens (tertiary/aromatic N) is 6. The Morgan fingerprint density at radius 2 is 1.86 bits per heavy atom. The monoisotopic (exact) mass is 489 g/mol. The molecule has 1 fully saturated rings. The van der Waals surface area contributed by atoms with E-state index in [0.29, 0.717) is 17.5 Å². The van der Waals surface area contributed by atoms with E-state index < -0.39 is 6.10 Å². The number of piperazine rings is 1. The van der Waals surface area contributed by atoms with Gasteiger partial charge in [0, 0.05) is 57.0 Å². The lowest BCUT2D eigenvalue weighted by Crippen LogP contribution is -2.46. The van der Waals surface area contributed by atoms with E-state index in [-0.39, 0.29) is 6.61 Å². The first-order valence-electron chi connectivity index (χ1n) is 12.9. The van der Waals surface area contributed by atoms with Crippen LogP contribution in [-0.2, 0) is 6.54 Å². The van der Waals surface area contributed by atoms with Crippen molar-refractivity contribution in [2.45, 2.75) is 45.3 Å². The number of allylic oxidation sites excluding steroid dienone is 2. The zero-order chi connectivity index (χ0) is 24.9. The predicted molar refractivity (Wildman–Crippen MR) is 141 cm³/mol. The number of aliphatic hydroxyl groups is 2. The van der Waals surface area contributed by atoms with Crippen molar-refractivity contribution in [2.24, 2.45) is 0 Å². The van der Waals surface area contributed by atoms with Gasteiger partial charge in [0.25, 0.3) is 0 Å². The summed E-state index contributed by atoms with van der Waals surface area (Å²) in [5, 5.41) is 23.4. The van der Waals surface area contributed by atoms with Crippen LogP contribution in [0.4, 0.5) is 11.8 Å². The maximum Gasteiger partial charge on any atom is 0.228 e. The topological polar surface area (TPSA) is 111 Å². The van der Waals surface area contributed by atoms with E-state index in [4.69, 9.17) is 15.1 Å². The van der Waals surface area contributed by atoms with Gasteiger partial charge in [-0.1, -0.05) is 12.1 Å². The molecular weight excluding hydrogens is 454 g/mol. The Morgan fingerprint density at radius 3 is 2.56 bits per heavy atom. The van der Waals surface area contributed by atoms with Crippen LogP contribution >= 0.6 is 0 Å². The van der Waals surface area contributed by atoms with E-state index >= 15 is 0 Å². The van der Waals surface area contributed by atoms with E-state index in [2.05, 4.69) is 37.2 Å². The first kappa shape index (κ1) is 24.7. The van der Waals surface area contributed by atoms with Crippen LogP contribution < -0.4 is 5.32 Å². The second-order valence-corrected chi connectivity index (χ2v) is 9.70. The zero-order valence-electron chi connectivity index (χ0n) is 20.9. The number of pyridine rings is 2. The Bertz CT molecular complexity index is 1200. The van der Waals surface area contributed by atoms with Crippen molar-refractivity contribution in [1.82, 2.24) is 29.7 Å². The lowest BCUT2D eigenvalue weighted by atomic mass is 9.95. The fraction of sp³-hybridized carbons (Fsp3) is 0.481. The third kappa shape index (κ3) is 5.87. The number of rotatable bonds is 8. The zero-order valence-corrected chi connectivity index (χ0v) is 20.9. The first-order valence-corrected chi connectivity index (χ1v) is 12.9. The maximum absolute atomic E-state index is 10.2. The van der Waals surface area contributed by atoms with Gasteiger partial charge < -0.3 is 15.5 Å². The van der Waals surface area contributed by atoms with Crippen LogP contribution in [0.3, 0.4) is 0 Å². The van der Waals surface area contributed by atoms with Gasteiger partial charge >= 0.3 is 0 Å². The molecule has 0 aromatic carbocycles. The fourth-order valence-corrected chi connectivity index (χ4v) is 4.89. The van der Waals surface area contributed by atoms with Crippen LogP contribution in [0.15, 0.2) is 36.7 Å². The lowest BCUT2D eigenvalue weighted by molar-refractivity contribution is 0.108. The lowest BCUT2D eigenvalue weighted by Gasteiger charge is -2.34. The number of fused-ring (bicyclic) bond motifs is 1. The van der Waals surface area contributed by atoms with Crippen molar-refractivity contribution in [3.05, 3.63) is 53.6 Å². The highest BCUT2D eigenvalue weighted by atomic mass is 16.3. The minimum absolute atomic E-state index is 0.220. The molecule has 3 aromatic rings. The standard InChI is InChI=1S/C27H35N7O2/c1-19(36)23-15-22-17-29-27(32-26(22)25(30-23)21-5-3-2-4-6-21)31-24-8-7-20(16-28-24)18-34-11-9-33(10-12-34)13-14-35/h5,7-8,15-17,19,35-36H,2-4,6,9-14,18H2,1H3,(H,28,29,31,32)/t19-/m1/s1. The van der Waals surface area contributed by atoms with Gasteiger partial charge in [-0.3, -0.25) is 9.80 Å². The van der Waals surface area contributed by atoms with Crippen molar-refractivity contribution in [3.63, 3.8) is 0 Å². The average Bonchev–Trinajstić information content (AvgIpc) is 2.91. The first-order chi connectivity index (χ1) is 17.6. The van der Waals surface area contributed by atoms with Crippen LogP contribution in [0.2, 0.25) is 0 Å². The van der Waals surface area contributed by atoms with Gasteiger partial charge in [-0.25, -0.2) is 19.9 Å². The smallest absolute Gasteiger partial charge is 0.228 e. The highest BCUT2D eigenvalue weighted by molar-refractivity contribution is 5.90. The van der Waals surface area contributed by atoms with Crippen molar-refractivity contribution in [1.29, 1.82) is 0 Å². The fourth-order valence-electron chi connectivity index (χ4n) is 4.89. The van der Waals surface area contributed by atoms with Crippen molar-refractivity contribution >= 4 is 28.2 Å². The molecule has 0 spiro atoms. The van der Waals surface area contributed by atoms with Crippen LogP contribution in [0.25, 0.3) is 16.5 Å². The van der Waals surface area contributed by atoms with E-state index in [9.17, 15) is 5.11 Å². The Kier molecular flexibility index (Phi) is 7.81. The molecule has 190 valence electrons. The number of hydrogen-bond acceptors (Lipinski definition) is 9. The Hall–Kier alpha value is -2.98. The highest BCUT2D eigenvalue weighted by Gasteiger charge is 2.18. The van der Waals surface area contributed by atoms with E-state index in [0.717, 1.165) is 80.7 Å². The molecule has 2 aliphatic rings. The molecule has 1 saturated heterocycles. The van der Waals surface area contributed by atoms with Crippen molar-refractivity contribution in [3.8, 4) is 0 Å². The molecule has 1 atom stereocenters. The van der Waals surface area contributed by atoms with Crippen molar-refractivity contribution < 1.29 is 10.2 Å². The van der Waals surface area contributed by atoms with Gasteiger partial charge in [-0.05, 0) is 55.9 Å². The third-order valence-electron chi connectivity index (χ3n) is 6.96. The summed E-state index contributed by atoms with van der Waals surface area (Å²) < 4.78 is 0.